The lowest BCUT2D eigenvalue weighted by atomic mass is 9.78. The summed E-state index contributed by atoms with van der Waals surface area (Å²) in [6, 6.07) is 25.7. The van der Waals surface area contributed by atoms with Gasteiger partial charge >= 0.3 is 0 Å². The van der Waals surface area contributed by atoms with E-state index in [2.05, 4.69) is 101 Å². The molecule has 6 rings (SSSR count). The SMILES string of the molecule is CC(C)(C)c1cc(-c2cccc3c2C(C)(C)c2c-3oc3ccccc23)nc2ccccc12. The van der Waals surface area contributed by atoms with E-state index in [0.29, 0.717) is 0 Å². The van der Waals surface area contributed by atoms with E-state index < -0.39 is 0 Å². The van der Waals surface area contributed by atoms with Crippen molar-refractivity contribution in [2.24, 2.45) is 0 Å². The van der Waals surface area contributed by atoms with Crippen molar-refractivity contribution < 1.29 is 4.42 Å². The number of aromatic nitrogens is 1. The number of hydrogen-bond donors (Lipinski definition) is 0. The molecular weight excluding hydrogens is 390 g/mol. The third-order valence-electron chi connectivity index (χ3n) is 6.95. The fourth-order valence-electron chi connectivity index (χ4n) is 5.54. The predicted molar refractivity (Wildman–Crippen MR) is 133 cm³/mol. The molecule has 3 aromatic carbocycles. The molecule has 0 spiro atoms. The van der Waals surface area contributed by atoms with Crippen molar-refractivity contribution in [3.05, 3.63) is 89.5 Å². The minimum Gasteiger partial charge on any atom is -0.456 e. The summed E-state index contributed by atoms with van der Waals surface area (Å²) in [5, 5.41) is 2.44. The highest BCUT2D eigenvalue weighted by Gasteiger charge is 2.42. The summed E-state index contributed by atoms with van der Waals surface area (Å²) in [5.74, 6) is 1.00. The van der Waals surface area contributed by atoms with Gasteiger partial charge in [-0.1, -0.05) is 89.2 Å². The van der Waals surface area contributed by atoms with Crippen LogP contribution in [0.5, 0.6) is 0 Å². The third kappa shape index (κ3) is 2.56. The van der Waals surface area contributed by atoms with Gasteiger partial charge < -0.3 is 4.42 Å². The van der Waals surface area contributed by atoms with Crippen LogP contribution >= 0.6 is 0 Å². The molecule has 0 amide bonds. The summed E-state index contributed by atoms with van der Waals surface area (Å²) >= 11 is 0. The first-order valence-electron chi connectivity index (χ1n) is 11.3. The second kappa shape index (κ2) is 6.32. The second-order valence-electron chi connectivity index (χ2n) is 10.5. The van der Waals surface area contributed by atoms with Gasteiger partial charge in [-0.25, -0.2) is 4.98 Å². The first kappa shape index (κ1) is 19.3. The van der Waals surface area contributed by atoms with Gasteiger partial charge in [-0.15, -0.1) is 0 Å². The zero-order valence-electron chi connectivity index (χ0n) is 19.3. The molecule has 5 aromatic rings. The van der Waals surface area contributed by atoms with Crippen molar-refractivity contribution in [2.75, 3.05) is 0 Å². The van der Waals surface area contributed by atoms with Crippen LogP contribution in [0.1, 0.15) is 51.3 Å². The van der Waals surface area contributed by atoms with Gasteiger partial charge in [0.15, 0.2) is 0 Å². The molecule has 0 N–H and O–H groups in total. The molecule has 2 nitrogen and oxygen atoms in total. The third-order valence-corrected chi connectivity index (χ3v) is 6.95. The normalized spacial score (nSPS) is 14.7. The van der Waals surface area contributed by atoms with Gasteiger partial charge in [-0.2, -0.15) is 0 Å². The van der Waals surface area contributed by atoms with Crippen molar-refractivity contribution in [2.45, 2.75) is 45.4 Å². The summed E-state index contributed by atoms with van der Waals surface area (Å²) in [6.45, 7) is 11.5. The molecule has 158 valence electrons. The highest BCUT2D eigenvalue weighted by atomic mass is 16.3. The molecule has 0 radical (unpaired) electrons. The number of rotatable bonds is 1. The van der Waals surface area contributed by atoms with Gasteiger partial charge in [0.1, 0.15) is 11.3 Å². The minimum absolute atomic E-state index is 0.0207. The predicted octanol–water partition coefficient (Wildman–Crippen LogP) is 8.25. The Morgan fingerprint density at radius 3 is 2.22 bits per heavy atom. The van der Waals surface area contributed by atoms with E-state index in [9.17, 15) is 0 Å². The fourth-order valence-corrected chi connectivity index (χ4v) is 5.54. The van der Waals surface area contributed by atoms with Crippen molar-refractivity contribution >= 4 is 21.9 Å². The van der Waals surface area contributed by atoms with Gasteiger partial charge in [0, 0.05) is 32.9 Å². The molecule has 0 atom stereocenters. The lowest BCUT2D eigenvalue weighted by molar-refractivity contribution is 0.595. The number of pyridine rings is 1. The molecular formula is C30H27NO. The topological polar surface area (TPSA) is 26.0 Å². The first-order chi connectivity index (χ1) is 15.3. The van der Waals surface area contributed by atoms with Crippen molar-refractivity contribution in [1.82, 2.24) is 4.98 Å². The van der Waals surface area contributed by atoms with E-state index in [-0.39, 0.29) is 10.8 Å². The van der Waals surface area contributed by atoms with E-state index in [1.54, 1.807) is 0 Å². The molecule has 2 aromatic heterocycles. The molecule has 1 aliphatic rings. The molecule has 0 unspecified atom stereocenters. The molecule has 2 heteroatoms. The van der Waals surface area contributed by atoms with Crippen molar-refractivity contribution in [3.63, 3.8) is 0 Å². The Morgan fingerprint density at radius 1 is 0.750 bits per heavy atom. The highest BCUT2D eigenvalue weighted by Crippen LogP contribution is 2.55. The van der Waals surface area contributed by atoms with Crippen molar-refractivity contribution in [1.29, 1.82) is 0 Å². The monoisotopic (exact) mass is 417 g/mol. The van der Waals surface area contributed by atoms with Crippen LogP contribution in [0.2, 0.25) is 0 Å². The van der Waals surface area contributed by atoms with Crippen LogP contribution in [0, 0.1) is 0 Å². The van der Waals surface area contributed by atoms with Gasteiger partial charge in [-0.05, 0) is 34.7 Å². The van der Waals surface area contributed by atoms with E-state index in [1.165, 1.54) is 38.6 Å². The van der Waals surface area contributed by atoms with E-state index in [4.69, 9.17) is 9.40 Å². The van der Waals surface area contributed by atoms with E-state index in [0.717, 1.165) is 22.6 Å². The number of furan rings is 1. The molecule has 0 bridgehead atoms. The molecule has 0 fully saturated rings. The fraction of sp³-hybridized carbons (Fsp3) is 0.233. The number of para-hydroxylation sites is 2. The summed E-state index contributed by atoms with van der Waals surface area (Å²) in [5.41, 5.74) is 9.18. The van der Waals surface area contributed by atoms with Crippen LogP contribution in [0.3, 0.4) is 0 Å². The van der Waals surface area contributed by atoms with Crippen LogP contribution in [0.15, 0.2) is 77.2 Å². The van der Waals surface area contributed by atoms with E-state index in [1.807, 2.05) is 6.07 Å². The molecule has 0 saturated carbocycles. The molecule has 0 aliphatic heterocycles. The number of nitrogens with zero attached hydrogens (tertiary/aromatic N) is 1. The Kier molecular flexibility index (Phi) is 3.81. The first-order valence-corrected chi connectivity index (χ1v) is 11.3. The maximum Gasteiger partial charge on any atom is 0.139 e. The van der Waals surface area contributed by atoms with Gasteiger partial charge in [0.2, 0.25) is 0 Å². The van der Waals surface area contributed by atoms with Crippen LogP contribution in [-0.2, 0) is 10.8 Å². The van der Waals surface area contributed by atoms with Gasteiger partial charge in [0.25, 0.3) is 0 Å². The number of hydrogen-bond acceptors (Lipinski definition) is 2. The largest absolute Gasteiger partial charge is 0.456 e. The Hall–Kier alpha value is -3.39. The minimum atomic E-state index is -0.177. The molecule has 2 heterocycles. The zero-order chi connectivity index (χ0) is 22.3. The summed E-state index contributed by atoms with van der Waals surface area (Å²) in [4.78, 5) is 5.14. The summed E-state index contributed by atoms with van der Waals surface area (Å²) < 4.78 is 6.39. The Morgan fingerprint density at radius 2 is 1.44 bits per heavy atom. The smallest absolute Gasteiger partial charge is 0.139 e. The van der Waals surface area contributed by atoms with Crippen molar-refractivity contribution in [3.8, 4) is 22.6 Å². The van der Waals surface area contributed by atoms with Crippen LogP contribution in [0.4, 0.5) is 0 Å². The average molecular weight is 418 g/mol. The van der Waals surface area contributed by atoms with Crippen LogP contribution in [0.25, 0.3) is 44.5 Å². The summed E-state index contributed by atoms with van der Waals surface area (Å²) in [7, 11) is 0. The van der Waals surface area contributed by atoms with E-state index >= 15 is 0 Å². The van der Waals surface area contributed by atoms with Crippen LogP contribution in [-0.4, -0.2) is 4.98 Å². The highest BCUT2D eigenvalue weighted by molar-refractivity contribution is 5.97. The second-order valence-corrected chi connectivity index (χ2v) is 10.5. The van der Waals surface area contributed by atoms with Gasteiger partial charge in [-0.3, -0.25) is 0 Å². The summed E-state index contributed by atoms with van der Waals surface area (Å²) in [6.07, 6.45) is 0. The lowest BCUT2D eigenvalue weighted by Gasteiger charge is -2.26. The average Bonchev–Trinajstić information content (AvgIpc) is 3.26. The Bertz CT molecular complexity index is 1530. The molecule has 1 aliphatic carbocycles. The molecule has 0 saturated heterocycles. The number of benzene rings is 3. The zero-order valence-corrected chi connectivity index (χ0v) is 19.3. The maximum atomic E-state index is 6.39. The van der Waals surface area contributed by atoms with Gasteiger partial charge in [0.05, 0.1) is 11.2 Å². The Balaban J connectivity index is 1.66. The standard InChI is InChI=1S/C30H27NO/c1-29(2,3)22-17-24(31-23-15-8-6-11-18(22)23)19-13-10-14-21-26(19)30(4,5)27-20-12-7-9-16-25(20)32-28(21)27/h6-17H,1-5H3. The maximum absolute atomic E-state index is 6.39. The Labute approximate surface area is 188 Å². The molecule has 32 heavy (non-hydrogen) atoms. The quantitative estimate of drug-likeness (QED) is 0.274. The lowest BCUT2D eigenvalue weighted by Crippen LogP contribution is -2.17. The van der Waals surface area contributed by atoms with Crippen LogP contribution < -0.4 is 0 Å². The number of fused-ring (bicyclic) bond motifs is 6.